The molecule has 1 aromatic rings. The number of aldehydes is 1. The zero-order chi connectivity index (χ0) is 11.3. The van der Waals surface area contributed by atoms with Gasteiger partial charge in [-0.25, -0.2) is 4.39 Å². The molecular weight excluding hydrogens is 199 g/mol. The van der Waals surface area contributed by atoms with E-state index >= 15 is 0 Å². The smallest absolute Gasteiger partial charge is 0.153 e. The van der Waals surface area contributed by atoms with E-state index in [2.05, 4.69) is 0 Å². The fraction of sp³-hybridized carbons (Fsp3) is 0.364. The lowest BCUT2D eigenvalue weighted by Crippen LogP contribution is -2.12. The van der Waals surface area contributed by atoms with Gasteiger partial charge in [0.05, 0.1) is 12.2 Å². The highest BCUT2D eigenvalue weighted by Gasteiger charge is 2.06. The molecule has 0 aliphatic heterocycles. The van der Waals surface area contributed by atoms with Gasteiger partial charge < -0.3 is 9.84 Å². The minimum atomic E-state index is -0.473. The molecule has 0 aliphatic rings. The molecule has 0 aromatic heterocycles. The molecule has 4 heteroatoms. The Labute approximate surface area is 87.5 Å². The van der Waals surface area contributed by atoms with Gasteiger partial charge in [0.2, 0.25) is 0 Å². The molecule has 82 valence electrons. The number of hydrogen-bond acceptors (Lipinski definition) is 3. The number of halogens is 1. The normalized spacial score (nSPS) is 12.2. The minimum Gasteiger partial charge on any atom is -0.492 e. The van der Waals surface area contributed by atoms with E-state index in [0.29, 0.717) is 18.6 Å². The molecule has 0 saturated carbocycles. The number of hydrogen-bond donors (Lipinski definition) is 1. The average molecular weight is 212 g/mol. The fourth-order valence-electron chi connectivity index (χ4n) is 1.03. The Balaban J connectivity index is 2.72. The summed E-state index contributed by atoms with van der Waals surface area (Å²) in [7, 11) is 0. The third-order valence-electron chi connectivity index (χ3n) is 1.93. The number of aliphatic hydroxyl groups excluding tert-OH is 1. The summed E-state index contributed by atoms with van der Waals surface area (Å²) in [6.07, 6.45) is 0.544. The minimum absolute atomic E-state index is 0.0115. The summed E-state index contributed by atoms with van der Waals surface area (Å²) in [6.45, 7) is 2.12. The van der Waals surface area contributed by atoms with Crippen LogP contribution in [0.1, 0.15) is 17.3 Å². The Morgan fingerprint density at radius 3 is 2.93 bits per heavy atom. The Hall–Kier alpha value is -1.42. The van der Waals surface area contributed by atoms with Crippen LogP contribution in [0.3, 0.4) is 0 Å². The zero-order valence-electron chi connectivity index (χ0n) is 8.44. The molecule has 1 aromatic carbocycles. The number of ether oxygens (including phenoxy) is 1. The number of aliphatic hydroxyl groups is 1. The second-order valence-electron chi connectivity index (χ2n) is 3.40. The maximum Gasteiger partial charge on any atom is 0.153 e. The lowest BCUT2D eigenvalue weighted by Gasteiger charge is -2.11. The number of carbonyl (C=O) groups is 1. The maximum atomic E-state index is 12.7. The van der Waals surface area contributed by atoms with Crippen LogP contribution in [0.4, 0.5) is 4.39 Å². The third kappa shape index (κ3) is 3.32. The van der Waals surface area contributed by atoms with E-state index in [1.54, 1.807) is 0 Å². The van der Waals surface area contributed by atoms with Crippen molar-refractivity contribution < 1.29 is 19.0 Å². The van der Waals surface area contributed by atoms with Crippen molar-refractivity contribution in [2.75, 3.05) is 13.2 Å². The van der Waals surface area contributed by atoms with Crippen LogP contribution < -0.4 is 4.74 Å². The molecule has 0 bridgehead atoms. The lowest BCUT2D eigenvalue weighted by atomic mass is 10.2. The van der Waals surface area contributed by atoms with Crippen molar-refractivity contribution in [2.45, 2.75) is 6.92 Å². The van der Waals surface area contributed by atoms with Crippen LogP contribution in [-0.4, -0.2) is 24.6 Å². The van der Waals surface area contributed by atoms with Crippen LogP contribution in [0.15, 0.2) is 18.2 Å². The van der Waals surface area contributed by atoms with Gasteiger partial charge in [0.1, 0.15) is 11.6 Å². The van der Waals surface area contributed by atoms with Gasteiger partial charge in [-0.1, -0.05) is 6.92 Å². The van der Waals surface area contributed by atoms with Gasteiger partial charge in [0.25, 0.3) is 0 Å². The van der Waals surface area contributed by atoms with E-state index in [-0.39, 0.29) is 18.1 Å². The van der Waals surface area contributed by atoms with Gasteiger partial charge in [-0.05, 0) is 18.2 Å². The van der Waals surface area contributed by atoms with Crippen molar-refractivity contribution in [3.05, 3.63) is 29.6 Å². The first-order valence-corrected chi connectivity index (χ1v) is 4.65. The Morgan fingerprint density at radius 1 is 1.60 bits per heavy atom. The molecule has 1 rings (SSSR count). The van der Waals surface area contributed by atoms with Crippen molar-refractivity contribution in [3.63, 3.8) is 0 Å². The predicted molar refractivity (Wildman–Crippen MR) is 53.5 cm³/mol. The van der Waals surface area contributed by atoms with Crippen molar-refractivity contribution in [3.8, 4) is 5.75 Å². The van der Waals surface area contributed by atoms with Crippen molar-refractivity contribution in [1.82, 2.24) is 0 Å². The van der Waals surface area contributed by atoms with E-state index < -0.39 is 5.82 Å². The molecule has 0 fully saturated rings. The first-order chi connectivity index (χ1) is 7.17. The average Bonchev–Trinajstić information content (AvgIpc) is 2.26. The molecule has 1 N–H and O–H groups in total. The van der Waals surface area contributed by atoms with Crippen molar-refractivity contribution in [1.29, 1.82) is 0 Å². The topological polar surface area (TPSA) is 46.5 Å². The predicted octanol–water partition coefficient (Wildman–Crippen LogP) is 1.65. The van der Waals surface area contributed by atoms with Crippen molar-refractivity contribution in [2.24, 2.45) is 5.92 Å². The second-order valence-corrected chi connectivity index (χ2v) is 3.40. The summed E-state index contributed by atoms with van der Waals surface area (Å²) in [4.78, 5) is 10.6. The van der Waals surface area contributed by atoms with E-state index in [1.165, 1.54) is 12.1 Å². The van der Waals surface area contributed by atoms with Crippen molar-refractivity contribution >= 4 is 6.29 Å². The molecule has 0 aliphatic carbocycles. The Kier molecular flexibility index (Phi) is 4.24. The zero-order valence-corrected chi connectivity index (χ0v) is 8.44. The standard InChI is InChI=1S/C11H13FO3/c1-8(5-13)7-15-11-3-2-10(12)4-9(11)6-14/h2-4,6,8,13H,5,7H2,1H3. The molecule has 0 spiro atoms. The Morgan fingerprint density at radius 2 is 2.33 bits per heavy atom. The quantitative estimate of drug-likeness (QED) is 0.755. The highest BCUT2D eigenvalue weighted by atomic mass is 19.1. The number of benzene rings is 1. The highest BCUT2D eigenvalue weighted by Crippen LogP contribution is 2.18. The van der Waals surface area contributed by atoms with Crippen LogP contribution in [0, 0.1) is 11.7 Å². The Bertz CT molecular complexity index is 339. The molecule has 0 amide bonds. The fourth-order valence-corrected chi connectivity index (χ4v) is 1.03. The molecule has 0 saturated heterocycles. The summed E-state index contributed by atoms with van der Waals surface area (Å²) < 4.78 is 18.0. The van der Waals surface area contributed by atoms with Gasteiger partial charge in [-0.3, -0.25) is 4.79 Å². The van der Waals surface area contributed by atoms with Gasteiger partial charge >= 0.3 is 0 Å². The first kappa shape index (κ1) is 11.7. The number of carbonyl (C=O) groups excluding carboxylic acids is 1. The molecule has 15 heavy (non-hydrogen) atoms. The summed E-state index contributed by atoms with van der Waals surface area (Å²) in [5.41, 5.74) is 0.181. The van der Waals surface area contributed by atoms with Gasteiger partial charge in [-0.15, -0.1) is 0 Å². The molecule has 3 nitrogen and oxygen atoms in total. The third-order valence-corrected chi connectivity index (χ3v) is 1.93. The maximum absolute atomic E-state index is 12.7. The van der Waals surface area contributed by atoms with Crippen LogP contribution >= 0.6 is 0 Å². The van der Waals surface area contributed by atoms with Gasteiger partial charge in [0.15, 0.2) is 6.29 Å². The van der Waals surface area contributed by atoms with Crippen LogP contribution in [0.25, 0.3) is 0 Å². The molecule has 1 unspecified atom stereocenters. The highest BCUT2D eigenvalue weighted by molar-refractivity contribution is 5.79. The lowest BCUT2D eigenvalue weighted by molar-refractivity contribution is 0.111. The summed E-state index contributed by atoms with van der Waals surface area (Å²) in [5.74, 6) is -0.152. The monoisotopic (exact) mass is 212 g/mol. The largest absolute Gasteiger partial charge is 0.492 e. The molecule has 0 radical (unpaired) electrons. The summed E-state index contributed by atoms with van der Waals surface area (Å²) in [5, 5.41) is 8.77. The van der Waals surface area contributed by atoms with Crippen LogP contribution in [-0.2, 0) is 0 Å². The first-order valence-electron chi connectivity index (χ1n) is 4.65. The van der Waals surface area contributed by atoms with Gasteiger partial charge in [0, 0.05) is 12.5 Å². The molecule has 0 heterocycles. The molecule has 1 atom stereocenters. The van der Waals surface area contributed by atoms with Crippen LogP contribution in [0.2, 0.25) is 0 Å². The molecular formula is C11H13FO3. The van der Waals surface area contributed by atoms with Gasteiger partial charge in [-0.2, -0.15) is 0 Å². The number of rotatable bonds is 5. The SMILES string of the molecule is CC(CO)COc1ccc(F)cc1C=O. The van der Waals surface area contributed by atoms with E-state index in [1.807, 2.05) is 6.92 Å². The summed E-state index contributed by atoms with van der Waals surface area (Å²) in [6, 6.07) is 3.75. The second kappa shape index (κ2) is 5.46. The van der Waals surface area contributed by atoms with Crippen LogP contribution in [0.5, 0.6) is 5.75 Å². The van der Waals surface area contributed by atoms with E-state index in [4.69, 9.17) is 9.84 Å². The van der Waals surface area contributed by atoms with E-state index in [0.717, 1.165) is 6.07 Å². The van der Waals surface area contributed by atoms with E-state index in [9.17, 15) is 9.18 Å². The summed E-state index contributed by atoms with van der Waals surface area (Å²) >= 11 is 0.